The highest BCUT2D eigenvalue weighted by Crippen LogP contribution is 2.31. The van der Waals surface area contributed by atoms with Crippen molar-refractivity contribution in [1.82, 2.24) is 0 Å². The summed E-state index contributed by atoms with van der Waals surface area (Å²) in [7, 11) is 0. The van der Waals surface area contributed by atoms with Crippen LogP contribution in [0.2, 0.25) is 10.0 Å². The number of fused-ring (bicyclic) bond motifs is 1. The lowest BCUT2D eigenvalue weighted by atomic mass is 10.0. The number of carboxylic acid groups (broad SMARTS) is 1. The molecular weight excluding hydrogens is 335 g/mol. The molecule has 2 aromatic rings. The summed E-state index contributed by atoms with van der Waals surface area (Å²) in [6.45, 7) is 2.95. The molecule has 0 saturated carbocycles. The van der Waals surface area contributed by atoms with Gasteiger partial charge in [0.25, 0.3) is 0 Å². The summed E-state index contributed by atoms with van der Waals surface area (Å²) in [5, 5.41) is 10.4. The van der Waals surface area contributed by atoms with E-state index in [4.69, 9.17) is 23.2 Å². The van der Waals surface area contributed by atoms with Gasteiger partial charge in [-0.2, -0.15) is 0 Å². The fourth-order valence-corrected chi connectivity index (χ4v) is 3.03. The van der Waals surface area contributed by atoms with Gasteiger partial charge in [0, 0.05) is 15.7 Å². The molecule has 1 heterocycles. The zero-order chi connectivity index (χ0) is 16.6. The van der Waals surface area contributed by atoms with Crippen molar-refractivity contribution < 1.29 is 9.90 Å². The van der Waals surface area contributed by atoms with E-state index in [0.717, 1.165) is 22.6 Å². The van der Waals surface area contributed by atoms with Crippen molar-refractivity contribution in [2.45, 2.75) is 20.0 Å². The largest absolute Gasteiger partial charge is 0.478 e. The third kappa shape index (κ3) is 3.19. The van der Waals surface area contributed by atoms with Crippen molar-refractivity contribution in [2.24, 2.45) is 4.99 Å². The third-order valence-corrected chi connectivity index (χ3v) is 4.42. The minimum Gasteiger partial charge on any atom is -0.478 e. The molecule has 3 rings (SSSR count). The Morgan fingerprint density at radius 3 is 2.74 bits per heavy atom. The Morgan fingerprint density at radius 1 is 1.26 bits per heavy atom. The van der Waals surface area contributed by atoms with Crippen LogP contribution in [-0.2, 0) is 13.1 Å². The number of nitrogens with zero attached hydrogens (tertiary/aromatic N) is 2. The van der Waals surface area contributed by atoms with Crippen molar-refractivity contribution in [3.8, 4) is 0 Å². The van der Waals surface area contributed by atoms with Crippen LogP contribution in [0.3, 0.4) is 0 Å². The van der Waals surface area contributed by atoms with Crippen LogP contribution in [0.15, 0.2) is 41.4 Å². The summed E-state index contributed by atoms with van der Waals surface area (Å²) >= 11 is 12.2. The average molecular weight is 349 g/mol. The molecule has 4 nitrogen and oxygen atoms in total. The number of aliphatic imine (C=N–C) groups is 1. The minimum atomic E-state index is -0.947. The molecule has 118 valence electrons. The summed E-state index contributed by atoms with van der Waals surface area (Å²) in [5.74, 6) is -0.122. The topological polar surface area (TPSA) is 52.9 Å². The highest BCUT2D eigenvalue weighted by atomic mass is 35.5. The van der Waals surface area contributed by atoms with Crippen molar-refractivity contribution in [1.29, 1.82) is 0 Å². The standard InChI is InChI=1S/C17H14Cl2N2O2/c1-10-20-8-12-3-2-11(17(22)23)6-16(12)21(10)9-13-4-5-14(18)7-15(13)19/h2-7H,8-9H2,1H3,(H,22,23). The van der Waals surface area contributed by atoms with Gasteiger partial charge in [0.05, 0.1) is 18.7 Å². The summed E-state index contributed by atoms with van der Waals surface area (Å²) < 4.78 is 0. The number of aromatic carboxylic acids is 1. The van der Waals surface area contributed by atoms with Crippen LogP contribution < -0.4 is 4.90 Å². The molecule has 0 aromatic heterocycles. The molecule has 0 spiro atoms. The van der Waals surface area contributed by atoms with Gasteiger partial charge in [-0.25, -0.2) is 4.79 Å². The minimum absolute atomic E-state index is 0.255. The van der Waals surface area contributed by atoms with Crippen LogP contribution in [0, 0.1) is 0 Å². The van der Waals surface area contributed by atoms with E-state index in [2.05, 4.69) is 4.99 Å². The molecule has 1 aliphatic heterocycles. The lowest BCUT2D eigenvalue weighted by molar-refractivity contribution is 0.0697. The molecule has 0 radical (unpaired) electrons. The van der Waals surface area contributed by atoms with Crippen molar-refractivity contribution >= 4 is 40.7 Å². The number of amidine groups is 1. The van der Waals surface area contributed by atoms with Crippen LogP contribution in [0.4, 0.5) is 5.69 Å². The predicted octanol–water partition coefficient (Wildman–Crippen LogP) is 4.63. The molecule has 1 N–H and O–H groups in total. The normalized spacial score (nSPS) is 13.5. The Balaban J connectivity index is 2.01. The second-order valence-corrected chi connectivity index (χ2v) is 6.18. The number of anilines is 1. The highest BCUT2D eigenvalue weighted by molar-refractivity contribution is 6.35. The Hall–Kier alpha value is -2.04. The average Bonchev–Trinajstić information content (AvgIpc) is 2.51. The highest BCUT2D eigenvalue weighted by Gasteiger charge is 2.21. The first-order valence-electron chi connectivity index (χ1n) is 7.04. The van der Waals surface area contributed by atoms with Gasteiger partial charge in [0.1, 0.15) is 5.84 Å². The fraction of sp³-hybridized carbons (Fsp3) is 0.176. The zero-order valence-electron chi connectivity index (χ0n) is 12.4. The van der Waals surface area contributed by atoms with Crippen LogP contribution in [0.25, 0.3) is 0 Å². The summed E-state index contributed by atoms with van der Waals surface area (Å²) in [4.78, 5) is 17.7. The van der Waals surface area contributed by atoms with E-state index in [1.165, 1.54) is 0 Å². The van der Waals surface area contributed by atoms with E-state index in [1.807, 2.05) is 24.0 Å². The first-order chi connectivity index (χ1) is 11.0. The molecule has 0 aliphatic carbocycles. The van der Waals surface area contributed by atoms with E-state index < -0.39 is 5.97 Å². The van der Waals surface area contributed by atoms with E-state index in [-0.39, 0.29) is 5.56 Å². The number of carbonyl (C=O) groups is 1. The Kier molecular flexibility index (Phi) is 4.28. The lowest BCUT2D eigenvalue weighted by Gasteiger charge is -2.30. The van der Waals surface area contributed by atoms with Crippen molar-refractivity contribution in [3.63, 3.8) is 0 Å². The Labute approximate surface area is 144 Å². The molecule has 0 unspecified atom stereocenters. The van der Waals surface area contributed by atoms with Gasteiger partial charge in [0.15, 0.2) is 0 Å². The maximum Gasteiger partial charge on any atom is 0.335 e. The number of hydrogen-bond acceptors (Lipinski definition) is 3. The molecule has 0 atom stereocenters. The van der Waals surface area contributed by atoms with Gasteiger partial charge in [-0.15, -0.1) is 0 Å². The zero-order valence-corrected chi connectivity index (χ0v) is 13.9. The number of rotatable bonds is 3. The van der Waals surface area contributed by atoms with Crippen molar-refractivity contribution in [2.75, 3.05) is 4.90 Å². The summed E-state index contributed by atoms with van der Waals surface area (Å²) in [6.07, 6.45) is 0. The third-order valence-electron chi connectivity index (χ3n) is 3.84. The fourth-order valence-electron chi connectivity index (χ4n) is 2.56. The number of hydrogen-bond donors (Lipinski definition) is 1. The predicted molar refractivity (Wildman–Crippen MR) is 92.9 cm³/mol. The molecule has 1 aliphatic rings. The first kappa shape index (κ1) is 15.8. The molecule has 23 heavy (non-hydrogen) atoms. The Morgan fingerprint density at radius 2 is 2.04 bits per heavy atom. The van der Waals surface area contributed by atoms with E-state index in [1.54, 1.807) is 24.3 Å². The van der Waals surface area contributed by atoms with Gasteiger partial charge in [-0.05, 0) is 42.3 Å². The Bertz CT molecular complexity index is 818. The van der Waals surface area contributed by atoms with Gasteiger partial charge in [-0.3, -0.25) is 4.99 Å². The smallest absolute Gasteiger partial charge is 0.335 e. The van der Waals surface area contributed by atoms with Gasteiger partial charge in [0.2, 0.25) is 0 Å². The van der Waals surface area contributed by atoms with E-state index in [0.29, 0.717) is 23.1 Å². The maximum atomic E-state index is 11.2. The first-order valence-corrected chi connectivity index (χ1v) is 7.80. The molecule has 6 heteroatoms. The molecule has 0 fully saturated rings. The van der Waals surface area contributed by atoms with Crippen LogP contribution in [0.5, 0.6) is 0 Å². The number of halogens is 2. The maximum absolute atomic E-state index is 11.2. The van der Waals surface area contributed by atoms with E-state index in [9.17, 15) is 9.90 Å². The van der Waals surface area contributed by atoms with Crippen LogP contribution >= 0.6 is 23.2 Å². The number of benzene rings is 2. The quantitative estimate of drug-likeness (QED) is 0.879. The van der Waals surface area contributed by atoms with Crippen LogP contribution in [0.1, 0.15) is 28.4 Å². The lowest BCUT2D eigenvalue weighted by Crippen LogP contribution is -2.32. The molecular formula is C17H14Cl2N2O2. The van der Waals surface area contributed by atoms with Gasteiger partial charge in [-0.1, -0.05) is 35.3 Å². The molecule has 2 aromatic carbocycles. The van der Waals surface area contributed by atoms with Crippen molar-refractivity contribution in [3.05, 3.63) is 63.1 Å². The molecule has 0 saturated heterocycles. The second kappa shape index (κ2) is 6.22. The second-order valence-electron chi connectivity index (χ2n) is 5.33. The summed E-state index contributed by atoms with van der Waals surface area (Å²) in [5.41, 5.74) is 3.00. The number of carboxylic acids is 1. The van der Waals surface area contributed by atoms with E-state index >= 15 is 0 Å². The van der Waals surface area contributed by atoms with Gasteiger partial charge < -0.3 is 10.0 Å². The SMILES string of the molecule is CC1=NCc2ccc(C(=O)O)cc2N1Cc1ccc(Cl)cc1Cl. The monoisotopic (exact) mass is 348 g/mol. The van der Waals surface area contributed by atoms with Crippen LogP contribution in [-0.4, -0.2) is 16.9 Å². The molecule has 0 amide bonds. The molecule has 0 bridgehead atoms. The van der Waals surface area contributed by atoms with Gasteiger partial charge >= 0.3 is 5.97 Å². The summed E-state index contributed by atoms with van der Waals surface area (Å²) in [6, 6.07) is 10.4.